The zero-order chi connectivity index (χ0) is 22.4. The highest BCUT2D eigenvalue weighted by atomic mass is 35.5. The number of carbonyl (C=O) groups is 2. The number of allylic oxidation sites excluding steroid dienone is 2. The molecule has 0 saturated carbocycles. The van der Waals surface area contributed by atoms with Gasteiger partial charge in [-0.15, -0.1) is 0 Å². The predicted octanol–water partition coefficient (Wildman–Crippen LogP) is 3.51. The first-order valence-corrected chi connectivity index (χ1v) is 10.3. The van der Waals surface area contributed by atoms with E-state index in [9.17, 15) is 41.4 Å². The monoisotopic (exact) mass is 452 g/mol. The molecule has 0 radical (unpaired) electrons. The number of alkyl halides is 3. The number of benzene rings is 1. The minimum absolute atomic E-state index is 0.321. The molecule has 1 aliphatic carbocycles. The fourth-order valence-corrected chi connectivity index (χ4v) is 4.31. The summed E-state index contributed by atoms with van der Waals surface area (Å²) < 4.78 is 64.1. The van der Waals surface area contributed by atoms with Gasteiger partial charge in [0.2, 0.25) is 0 Å². The molecule has 1 aliphatic rings. The first kappa shape index (κ1) is 23.0. The molecule has 0 heterocycles. The molecular weight excluding hydrogens is 437 g/mol. The molecule has 0 fully saturated rings. The third-order valence-electron chi connectivity index (χ3n) is 4.95. The van der Waals surface area contributed by atoms with Gasteiger partial charge in [0.1, 0.15) is 5.41 Å². The van der Waals surface area contributed by atoms with Crippen LogP contribution < -0.4 is 0 Å². The Bertz CT molecular complexity index is 1040. The first-order chi connectivity index (χ1) is 13.1. The molecule has 0 bridgehead atoms. The minimum Gasteiger partial charge on any atom is -0.481 e. The maximum Gasteiger partial charge on any atom is 0.416 e. The van der Waals surface area contributed by atoms with Gasteiger partial charge in [0.25, 0.3) is 0 Å². The zero-order valence-corrected chi connectivity index (χ0v) is 16.7. The number of hydrogen-bond donors (Lipinski definition) is 2. The molecule has 0 aromatic heterocycles. The summed E-state index contributed by atoms with van der Waals surface area (Å²) in [6.45, 7) is 1.25. The lowest BCUT2D eigenvalue weighted by atomic mass is 9.66. The predicted molar refractivity (Wildman–Crippen MR) is 97.1 cm³/mol. The summed E-state index contributed by atoms with van der Waals surface area (Å²) in [6.07, 6.45) is -2.88. The highest BCUT2D eigenvalue weighted by Gasteiger charge is 2.51. The van der Waals surface area contributed by atoms with Gasteiger partial charge in [0.15, 0.2) is 9.84 Å². The Kier molecular flexibility index (Phi) is 5.93. The van der Waals surface area contributed by atoms with Gasteiger partial charge in [-0.1, -0.05) is 30.7 Å². The standard InChI is InChI=1S/C18H16ClF3O6S/c1-9-12(15(23)24)5-6-14(19)17(9,16(25)26)8-10-3-4-11(29(2,27)28)7-13(10)18(20,21)22/h3-7,9H,8H2,1-2H3,(H,23,24)(H,25,26). The van der Waals surface area contributed by atoms with Crippen LogP contribution in [0.4, 0.5) is 13.2 Å². The first-order valence-electron chi connectivity index (χ1n) is 8.07. The maximum absolute atomic E-state index is 13.6. The van der Waals surface area contributed by atoms with Crippen LogP contribution in [-0.4, -0.2) is 36.8 Å². The van der Waals surface area contributed by atoms with Crippen molar-refractivity contribution in [2.45, 2.75) is 24.4 Å². The molecule has 0 saturated heterocycles. The van der Waals surface area contributed by atoms with Crippen molar-refractivity contribution in [3.63, 3.8) is 0 Å². The number of sulfone groups is 1. The van der Waals surface area contributed by atoms with E-state index in [0.29, 0.717) is 6.07 Å². The number of hydrogen-bond acceptors (Lipinski definition) is 4. The van der Waals surface area contributed by atoms with Crippen LogP contribution in [0.1, 0.15) is 18.1 Å². The van der Waals surface area contributed by atoms with Crippen LogP contribution in [0.5, 0.6) is 0 Å². The Balaban J connectivity index is 2.72. The largest absolute Gasteiger partial charge is 0.481 e. The van der Waals surface area contributed by atoms with Crippen molar-refractivity contribution in [1.29, 1.82) is 0 Å². The van der Waals surface area contributed by atoms with Gasteiger partial charge in [-0.3, -0.25) is 4.79 Å². The van der Waals surface area contributed by atoms with E-state index in [1.807, 2.05) is 0 Å². The summed E-state index contributed by atoms with van der Waals surface area (Å²) in [5, 5.41) is 18.8. The van der Waals surface area contributed by atoms with Gasteiger partial charge < -0.3 is 10.2 Å². The zero-order valence-electron chi connectivity index (χ0n) is 15.1. The third-order valence-corrected chi connectivity index (χ3v) is 6.53. The van der Waals surface area contributed by atoms with Crippen LogP contribution in [0.15, 0.2) is 45.9 Å². The van der Waals surface area contributed by atoms with Crippen molar-refractivity contribution in [3.8, 4) is 0 Å². The van der Waals surface area contributed by atoms with Crippen LogP contribution in [0.25, 0.3) is 0 Å². The summed E-state index contributed by atoms with van der Waals surface area (Å²) >= 11 is 6.09. The number of rotatable bonds is 5. The average molecular weight is 453 g/mol. The average Bonchev–Trinajstić information content (AvgIpc) is 2.56. The quantitative estimate of drug-likeness (QED) is 0.707. The van der Waals surface area contributed by atoms with Gasteiger partial charge in [0, 0.05) is 22.8 Å². The molecule has 29 heavy (non-hydrogen) atoms. The van der Waals surface area contributed by atoms with E-state index < -0.39 is 61.7 Å². The fraction of sp³-hybridized carbons (Fsp3) is 0.333. The molecular formula is C18H16ClF3O6S. The van der Waals surface area contributed by atoms with E-state index in [2.05, 4.69) is 0 Å². The molecule has 0 spiro atoms. The van der Waals surface area contributed by atoms with E-state index in [0.717, 1.165) is 30.5 Å². The Labute approximate surface area is 169 Å². The molecule has 0 amide bonds. The molecule has 158 valence electrons. The summed E-state index contributed by atoms with van der Waals surface area (Å²) in [6, 6.07) is 2.24. The molecule has 11 heteroatoms. The van der Waals surface area contributed by atoms with Gasteiger partial charge >= 0.3 is 18.1 Å². The van der Waals surface area contributed by atoms with Crippen molar-refractivity contribution in [2.75, 3.05) is 6.26 Å². The number of carboxylic acid groups (broad SMARTS) is 2. The summed E-state index contributed by atoms with van der Waals surface area (Å²) in [4.78, 5) is 23.0. The van der Waals surface area contributed by atoms with Gasteiger partial charge in [-0.25, -0.2) is 13.2 Å². The highest BCUT2D eigenvalue weighted by molar-refractivity contribution is 7.90. The van der Waals surface area contributed by atoms with Crippen molar-refractivity contribution >= 4 is 33.4 Å². The topological polar surface area (TPSA) is 109 Å². The number of carboxylic acids is 2. The van der Waals surface area contributed by atoms with Crippen LogP contribution in [0.3, 0.4) is 0 Å². The van der Waals surface area contributed by atoms with Crippen LogP contribution in [0.2, 0.25) is 0 Å². The van der Waals surface area contributed by atoms with E-state index >= 15 is 0 Å². The Morgan fingerprint density at radius 3 is 2.24 bits per heavy atom. The minimum atomic E-state index is -4.98. The summed E-state index contributed by atoms with van der Waals surface area (Å²) in [5.41, 5.74) is -4.34. The molecule has 1 aromatic rings. The van der Waals surface area contributed by atoms with Crippen molar-refractivity contribution in [3.05, 3.63) is 52.1 Å². The fourth-order valence-electron chi connectivity index (χ4n) is 3.29. The van der Waals surface area contributed by atoms with E-state index in [-0.39, 0.29) is 10.6 Å². The Hall–Kier alpha value is -2.33. The molecule has 2 N–H and O–H groups in total. The second-order valence-corrected chi connectivity index (χ2v) is 9.13. The highest BCUT2D eigenvalue weighted by Crippen LogP contribution is 2.49. The van der Waals surface area contributed by atoms with Gasteiger partial charge in [-0.2, -0.15) is 13.2 Å². The Morgan fingerprint density at radius 1 is 1.21 bits per heavy atom. The third kappa shape index (κ3) is 4.18. The summed E-state index contributed by atoms with van der Waals surface area (Å²) in [5.74, 6) is -4.28. The smallest absolute Gasteiger partial charge is 0.416 e. The molecule has 2 rings (SSSR count). The second-order valence-electron chi connectivity index (χ2n) is 6.71. The van der Waals surface area contributed by atoms with Crippen molar-refractivity contribution in [2.24, 2.45) is 11.3 Å². The van der Waals surface area contributed by atoms with Crippen LogP contribution >= 0.6 is 11.6 Å². The second kappa shape index (κ2) is 7.49. The molecule has 1 aromatic carbocycles. The van der Waals surface area contributed by atoms with E-state index in [1.54, 1.807) is 0 Å². The molecule has 0 aliphatic heterocycles. The van der Waals surface area contributed by atoms with Crippen molar-refractivity contribution < 1.29 is 41.4 Å². The lowest BCUT2D eigenvalue weighted by molar-refractivity contribution is -0.150. The number of halogens is 4. The molecule has 2 unspecified atom stereocenters. The van der Waals surface area contributed by atoms with Gasteiger partial charge in [-0.05, 0) is 30.2 Å². The van der Waals surface area contributed by atoms with Crippen LogP contribution in [-0.2, 0) is 32.0 Å². The van der Waals surface area contributed by atoms with E-state index in [4.69, 9.17) is 11.6 Å². The normalized spacial score (nSPS) is 22.6. The lowest BCUT2D eigenvalue weighted by Crippen LogP contribution is -2.44. The SMILES string of the molecule is CC1C(C(=O)O)=CC=C(Cl)C1(Cc1ccc(S(C)(=O)=O)cc1C(F)(F)F)C(=O)O. The lowest BCUT2D eigenvalue weighted by Gasteiger charge is -2.38. The van der Waals surface area contributed by atoms with Crippen LogP contribution in [0, 0.1) is 11.3 Å². The van der Waals surface area contributed by atoms with Gasteiger partial charge in [0.05, 0.1) is 10.5 Å². The summed E-state index contributed by atoms with van der Waals surface area (Å²) in [7, 11) is -3.95. The molecule has 2 atom stereocenters. The number of aliphatic carboxylic acids is 2. The molecule has 6 nitrogen and oxygen atoms in total. The Morgan fingerprint density at radius 2 is 1.79 bits per heavy atom. The van der Waals surface area contributed by atoms with E-state index in [1.165, 1.54) is 6.92 Å². The maximum atomic E-state index is 13.6. The van der Waals surface area contributed by atoms with Crippen molar-refractivity contribution in [1.82, 2.24) is 0 Å².